The van der Waals surface area contributed by atoms with E-state index >= 15 is 0 Å². The molecule has 0 spiro atoms. The lowest BCUT2D eigenvalue weighted by Gasteiger charge is -2.19. The van der Waals surface area contributed by atoms with Crippen LogP contribution in [-0.2, 0) is 9.53 Å². The van der Waals surface area contributed by atoms with E-state index in [4.69, 9.17) is 4.74 Å². The number of aromatic carboxylic acids is 1. The average molecular weight is 535 g/mol. The highest BCUT2D eigenvalue weighted by Crippen LogP contribution is 2.44. The van der Waals surface area contributed by atoms with Gasteiger partial charge in [0.15, 0.2) is 0 Å². The van der Waals surface area contributed by atoms with E-state index in [0.29, 0.717) is 4.47 Å². The van der Waals surface area contributed by atoms with Crippen molar-refractivity contribution in [3.05, 3.63) is 101 Å². The van der Waals surface area contributed by atoms with E-state index in [1.165, 1.54) is 18.2 Å². The molecule has 0 saturated heterocycles. The highest BCUT2D eigenvalue weighted by molar-refractivity contribution is 9.10. The van der Waals surface area contributed by atoms with Crippen molar-refractivity contribution < 1.29 is 24.2 Å². The molecular formula is C27H23BrN2O5. The van der Waals surface area contributed by atoms with Crippen molar-refractivity contribution in [2.24, 2.45) is 0 Å². The van der Waals surface area contributed by atoms with Crippen molar-refractivity contribution in [1.82, 2.24) is 5.32 Å². The van der Waals surface area contributed by atoms with Crippen LogP contribution in [0.2, 0.25) is 0 Å². The van der Waals surface area contributed by atoms with Gasteiger partial charge in [0, 0.05) is 10.4 Å². The predicted molar refractivity (Wildman–Crippen MR) is 137 cm³/mol. The van der Waals surface area contributed by atoms with Gasteiger partial charge in [-0.25, -0.2) is 9.59 Å². The van der Waals surface area contributed by atoms with Crippen LogP contribution in [-0.4, -0.2) is 35.7 Å². The molecule has 0 bridgehead atoms. The van der Waals surface area contributed by atoms with Gasteiger partial charge in [-0.05, 0) is 46.9 Å². The molecule has 1 aliphatic rings. The fraction of sp³-hybridized carbons (Fsp3) is 0.148. The molecule has 178 valence electrons. The van der Waals surface area contributed by atoms with E-state index in [2.05, 4.69) is 33.1 Å². The molecule has 3 aromatic carbocycles. The van der Waals surface area contributed by atoms with Crippen LogP contribution in [0.25, 0.3) is 11.1 Å². The second kappa shape index (κ2) is 10.6. The van der Waals surface area contributed by atoms with Crippen molar-refractivity contribution in [3.63, 3.8) is 0 Å². The highest BCUT2D eigenvalue weighted by atomic mass is 79.9. The van der Waals surface area contributed by atoms with E-state index in [0.717, 1.165) is 22.3 Å². The van der Waals surface area contributed by atoms with Crippen LogP contribution in [0.5, 0.6) is 0 Å². The Morgan fingerprint density at radius 2 is 1.66 bits per heavy atom. The molecule has 35 heavy (non-hydrogen) atoms. The molecule has 3 N–H and O–H groups in total. The second-order valence-electron chi connectivity index (χ2n) is 8.03. The lowest BCUT2D eigenvalue weighted by atomic mass is 9.98. The molecule has 1 unspecified atom stereocenters. The lowest BCUT2D eigenvalue weighted by Crippen LogP contribution is -2.44. The average Bonchev–Trinajstić information content (AvgIpc) is 3.16. The van der Waals surface area contributed by atoms with Gasteiger partial charge in [-0.1, -0.05) is 70.5 Å². The zero-order valence-corrected chi connectivity index (χ0v) is 20.2. The molecule has 3 aromatic rings. The minimum Gasteiger partial charge on any atom is -0.478 e. The van der Waals surface area contributed by atoms with Gasteiger partial charge in [0.05, 0.1) is 11.3 Å². The van der Waals surface area contributed by atoms with Gasteiger partial charge in [0.1, 0.15) is 12.6 Å². The molecule has 4 rings (SSSR count). The Morgan fingerprint density at radius 1 is 1.03 bits per heavy atom. The van der Waals surface area contributed by atoms with Gasteiger partial charge in [-0.3, -0.25) is 4.79 Å². The molecule has 0 heterocycles. The molecule has 1 atom stereocenters. The smallest absolute Gasteiger partial charge is 0.407 e. The Morgan fingerprint density at radius 3 is 2.26 bits per heavy atom. The normalized spacial score (nSPS) is 12.7. The first-order chi connectivity index (χ1) is 16.9. The summed E-state index contributed by atoms with van der Waals surface area (Å²) in [7, 11) is 0. The molecule has 2 amide bonds. The number of carbonyl (C=O) groups excluding carboxylic acids is 2. The molecule has 0 radical (unpaired) electrons. The summed E-state index contributed by atoms with van der Waals surface area (Å²) in [6, 6.07) is 19.4. The van der Waals surface area contributed by atoms with E-state index < -0.39 is 24.0 Å². The molecule has 0 saturated carbocycles. The zero-order valence-electron chi connectivity index (χ0n) is 18.7. The number of carboxylic acid groups (broad SMARTS) is 1. The summed E-state index contributed by atoms with van der Waals surface area (Å²) in [4.78, 5) is 37.0. The summed E-state index contributed by atoms with van der Waals surface area (Å²) < 4.78 is 6.13. The molecule has 0 aliphatic heterocycles. The summed E-state index contributed by atoms with van der Waals surface area (Å²) in [5, 5.41) is 14.5. The minimum atomic E-state index is -1.18. The van der Waals surface area contributed by atoms with Crippen LogP contribution in [0.4, 0.5) is 10.5 Å². The van der Waals surface area contributed by atoms with Gasteiger partial charge in [0.2, 0.25) is 5.91 Å². The number of halogens is 1. The number of carbonyl (C=O) groups is 3. The second-order valence-corrected chi connectivity index (χ2v) is 8.95. The van der Waals surface area contributed by atoms with E-state index in [-0.39, 0.29) is 30.2 Å². The fourth-order valence-electron chi connectivity index (χ4n) is 4.21. The Hall–Kier alpha value is -3.91. The first-order valence-electron chi connectivity index (χ1n) is 10.9. The number of carboxylic acids is 1. The standard InChI is InChI=1S/C27H23BrN2O5/c1-2-7-23(25(31)29-24-14-16(28)12-13-21(24)26(32)33)30-27(34)35-15-22-19-10-5-3-8-17(19)18-9-4-6-11-20(18)22/h2-6,8-14,22-23H,1,7,15H2,(H,29,31)(H,30,34)(H,32,33). The minimum absolute atomic E-state index is 0.0694. The Labute approximate surface area is 210 Å². The predicted octanol–water partition coefficient (Wildman–Crippen LogP) is 5.57. The number of anilines is 1. The monoisotopic (exact) mass is 534 g/mol. The maximum atomic E-state index is 12.9. The van der Waals surface area contributed by atoms with Crippen LogP contribution in [0.15, 0.2) is 83.9 Å². The number of fused-ring (bicyclic) bond motifs is 3. The van der Waals surface area contributed by atoms with Gasteiger partial charge in [-0.15, -0.1) is 6.58 Å². The number of hydrogen-bond acceptors (Lipinski definition) is 4. The third kappa shape index (κ3) is 5.27. The van der Waals surface area contributed by atoms with Crippen LogP contribution in [0.3, 0.4) is 0 Å². The summed E-state index contributed by atoms with van der Waals surface area (Å²) >= 11 is 3.27. The van der Waals surface area contributed by atoms with Gasteiger partial charge < -0.3 is 20.5 Å². The van der Waals surface area contributed by atoms with Crippen LogP contribution >= 0.6 is 15.9 Å². The molecule has 0 fully saturated rings. The lowest BCUT2D eigenvalue weighted by molar-refractivity contribution is -0.118. The van der Waals surface area contributed by atoms with Crippen molar-refractivity contribution in [3.8, 4) is 11.1 Å². The van der Waals surface area contributed by atoms with Crippen LogP contribution < -0.4 is 10.6 Å². The number of hydrogen-bond donors (Lipinski definition) is 3. The topological polar surface area (TPSA) is 105 Å². The first-order valence-corrected chi connectivity index (χ1v) is 11.7. The Bertz CT molecular complexity index is 1260. The summed E-state index contributed by atoms with van der Waals surface area (Å²) in [5.41, 5.74) is 4.43. The van der Waals surface area contributed by atoms with Crippen LogP contribution in [0, 0.1) is 0 Å². The number of ether oxygens (including phenoxy) is 1. The number of nitrogens with one attached hydrogen (secondary N) is 2. The summed E-state index contributed by atoms with van der Waals surface area (Å²) in [6.07, 6.45) is 0.876. The number of rotatable bonds is 8. The molecule has 8 heteroatoms. The maximum Gasteiger partial charge on any atom is 0.407 e. The van der Waals surface area contributed by atoms with Crippen molar-refractivity contribution in [2.45, 2.75) is 18.4 Å². The third-order valence-corrected chi connectivity index (χ3v) is 6.32. The van der Waals surface area contributed by atoms with E-state index in [1.807, 2.05) is 48.5 Å². The quantitative estimate of drug-likeness (QED) is 0.327. The van der Waals surface area contributed by atoms with Crippen molar-refractivity contribution in [2.75, 3.05) is 11.9 Å². The van der Waals surface area contributed by atoms with E-state index in [1.54, 1.807) is 6.07 Å². The molecular weight excluding hydrogens is 512 g/mol. The fourth-order valence-corrected chi connectivity index (χ4v) is 4.57. The van der Waals surface area contributed by atoms with Crippen molar-refractivity contribution >= 4 is 39.6 Å². The Balaban J connectivity index is 1.44. The van der Waals surface area contributed by atoms with Gasteiger partial charge in [-0.2, -0.15) is 0 Å². The Kier molecular flexibility index (Phi) is 7.31. The van der Waals surface area contributed by atoms with Crippen LogP contribution in [0.1, 0.15) is 33.8 Å². The maximum absolute atomic E-state index is 12.9. The van der Waals surface area contributed by atoms with E-state index in [9.17, 15) is 19.5 Å². The zero-order chi connectivity index (χ0) is 24.9. The SMILES string of the molecule is C=CCC(NC(=O)OCC1c2ccccc2-c2ccccc21)C(=O)Nc1cc(Br)ccc1C(=O)O. The highest BCUT2D eigenvalue weighted by Gasteiger charge is 2.30. The molecule has 0 aromatic heterocycles. The molecule has 7 nitrogen and oxygen atoms in total. The van der Waals surface area contributed by atoms with Gasteiger partial charge in [0.25, 0.3) is 0 Å². The number of amides is 2. The first kappa shape index (κ1) is 24.2. The molecule has 1 aliphatic carbocycles. The number of alkyl carbamates (subject to hydrolysis) is 1. The summed E-state index contributed by atoms with van der Waals surface area (Å²) in [5.74, 6) is -1.88. The number of benzene rings is 3. The summed E-state index contributed by atoms with van der Waals surface area (Å²) in [6.45, 7) is 3.75. The van der Waals surface area contributed by atoms with Crippen molar-refractivity contribution in [1.29, 1.82) is 0 Å². The van der Waals surface area contributed by atoms with Gasteiger partial charge >= 0.3 is 12.1 Å². The largest absolute Gasteiger partial charge is 0.478 e. The third-order valence-electron chi connectivity index (χ3n) is 5.82.